The number of aromatic nitrogens is 1. The Morgan fingerprint density at radius 2 is 2.04 bits per heavy atom. The van der Waals surface area contributed by atoms with Crippen LogP contribution in [-0.2, 0) is 4.74 Å². The van der Waals surface area contributed by atoms with Crippen molar-refractivity contribution in [2.24, 2.45) is 0 Å². The zero-order valence-electron chi connectivity index (χ0n) is 14.1. The first-order valence-corrected chi connectivity index (χ1v) is 8.04. The van der Waals surface area contributed by atoms with Gasteiger partial charge in [-0.25, -0.2) is 4.68 Å². The number of nitrogens with zero attached hydrogens (tertiary/aromatic N) is 3. The van der Waals surface area contributed by atoms with Crippen molar-refractivity contribution < 1.29 is 4.74 Å². The predicted octanol–water partition coefficient (Wildman–Crippen LogP) is 2.65. The maximum atomic E-state index is 12.7. The molecule has 0 saturated carbocycles. The van der Waals surface area contributed by atoms with Gasteiger partial charge in [0.05, 0.1) is 11.1 Å². The largest absolute Gasteiger partial charge is 0.378 e. The molecule has 1 aromatic heterocycles. The smallest absolute Gasteiger partial charge is 0.287 e. The molecule has 0 radical (unpaired) electrons. The molecule has 5 nitrogen and oxygen atoms in total. The number of ether oxygens (including phenoxy) is 1. The molecule has 0 bridgehead atoms. The fourth-order valence-electron chi connectivity index (χ4n) is 3.18. The predicted molar refractivity (Wildman–Crippen MR) is 95.6 cm³/mol. The Labute approximate surface area is 141 Å². The van der Waals surface area contributed by atoms with Gasteiger partial charge in [0.25, 0.3) is 5.56 Å². The van der Waals surface area contributed by atoms with Crippen molar-refractivity contribution in [3.8, 4) is 6.07 Å². The minimum absolute atomic E-state index is 0.154. The Bertz CT molecular complexity index is 884. The highest BCUT2D eigenvalue weighted by Crippen LogP contribution is 2.25. The molecule has 1 aromatic carbocycles. The quantitative estimate of drug-likeness (QED) is 0.871. The second kappa shape index (κ2) is 6.14. The number of hydrogen-bond acceptors (Lipinski definition) is 4. The normalized spacial score (nSPS) is 16.8. The van der Waals surface area contributed by atoms with E-state index in [2.05, 4.69) is 13.5 Å². The molecular formula is C19H21N3O2. The second-order valence-electron chi connectivity index (χ2n) is 6.42. The van der Waals surface area contributed by atoms with Crippen molar-refractivity contribution in [3.63, 3.8) is 0 Å². The highest BCUT2D eigenvalue weighted by Gasteiger charge is 2.31. The van der Waals surface area contributed by atoms with E-state index in [0.717, 1.165) is 29.3 Å². The Kier molecular flexibility index (Phi) is 4.16. The fraction of sp³-hybridized carbons (Fsp3) is 0.368. The van der Waals surface area contributed by atoms with Gasteiger partial charge in [0.2, 0.25) is 0 Å². The molecule has 1 aliphatic rings. The van der Waals surface area contributed by atoms with E-state index in [0.29, 0.717) is 13.1 Å². The molecule has 3 rings (SSSR count). The fourth-order valence-corrected chi connectivity index (χ4v) is 3.18. The molecule has 24 heavy (non-hydrogen) atoms. The van der Waals surface area contributed by atoms with Gasteiger partial charge >= 0.3 is 0 Å². The van der Waals surface area contributed by atoms with E-state index in [9.17, 15) is 10.1 Å². The van der Waals surface area contributed by atoms with Gasteiger partial charge in [-0.1, -0.05) is 18.7 Å². The number of methoxy groups -OCH3 is 1. The summed E-state index contributed by atoms with van der Waals surface area (Å²) in [6, 6.07) is 9.47. The first-order valence-electron chi connectivity index (χ1n) is 8.04. The lowest BCUT2D eigenvalue weighted by Gasteiger charge is -2.40. The lowest BCUT2D eigenvalue weighted by molar-refractivity contribution is -0.0165. The van der Waals surface area contributed by atoms with Crippen LogP contribution in [0.1, 0.15) is 30.9 Å². The van der Waals surface area contributed by atoms with Gasteiger partial charge in [-0.3, -0.25) is 4.79 Å². The van der Waals surface area contributed by atoms with E-state index in [1.165, 1.54) is 0 Å². The zero-order chi connectivity index (χ0) is 17.3. The van der Waals surface area contributed by atoms with Crippen LogP contribution in [0.2, 0.25) is 0 Å². The molecule has 0 atom stereocenters. The van der Waals surface area contributed by atoms with E-state index in [-0.39, 0.29) is 16.7 Å². The summed E-state index contributed by atoms with van der Waals surface area (Å²) in [6.45, 7) is 7.28. The summed E-state index contributed by atoms with van der Waals surface area (Å²) in [6.07, 6.45) is 3.42. The highest BCUT2D eigenvalue weighted by atomic mass is 16.5. The molecule has 124 valence electrons. The molecule has 0 aliphatic carbocycles. The first kappa shape index (κ1) is 16.3. The number of pyridine rings is 1. The van der Waals surface area contributed by atoms with Crippen LogP contribution >= 0.6 is 0 Å². The molecule has 0 N–H and O–H groups in total. The van der Waals surface area contributed by atoms with E-state index in [1.54, 1.807) is 23.9 Å². The second-order valence-corrected chi connectivity index (χ2v) is 6.42. The summed E-state index contributed by atoms with van der Waals surface area (Å²) in [5.74, 6) is 0. The van der Waals surface area contributed by atoms with Crippen molar-refractivity contribution in [1.82, 2.24) is 4.68 Å². The van der Waals surface area contributed by atoms with Crippen LogP contribution in [-0.4, -0.2) is 30.5 Å². The summed E-state index contributed by atoms with van der Waals surface area (Å²) in [4.78, 5) is 12.7. The third-order valence-corrected chi connectivity index (χ3v) is 4.93. The number of rotatable bonds is 3. The lowest BCUT2D eigenvalue weighted by atomic mass is 9.94. The van der Waals surface area contributed by atoms with E-state index in [1.807, 2.05) is 29.3 Å². The lowest BCUT2D eigenvalue weighted by Crippen LogP contribution is -2.52. The van der Waals surface area contributed by atoms with E-state index >= 15 is 0 Å². The Morgan fingerprint density at radius 1 is 1.33 bits per heavy atom. The third-order valence-electron chi connectivity index (χ3n) is 4.93. The molecule has 2 heterocycles. The van der Waals surface area contributed by atoms with Gasteiger partial charge < -0.3 is 9.75 Å². The maximum Gasteiger partial charge on any atom is 0.287 e. The maximum absolute atomic E-state index is 12.7. The first-order chi connectivity index (χ1) is 11.5. The molecular weight excluding hydrogens is 302 g/mol. The average Bonchev–Trinajstić information content (AvgIpc) is 2.62. The summed E-state index contributed by atoms with van der Waals surface area (Å²) in [7, 11) is 1.73. The minimum atomic E-state index is -0.266. The molecule has 1 aliphatic heterocycles. The standard InChI is InChI=1S/C19H21N3O2/c1-4-14-5-6-17-15(11-14)12-16(13-20)18(23)22(17)21-9-7-19(2,24-3)8-10-21/h4-6,11-12H,1,7-10H2,2-3H3. The number of hydrogen-bond donors (Lipinski definition) is 0. The number of fused-ring (bicyclic) bond motifs is 1. The van der Waals surface area contributed by atoms with Crippen LogP contribution in [0.5, 0.6) is 0 Å². The van der Waals surface area contributed by atoms with Crippen molar-refractivity contribution >= 4 is 17.0 Å². The van der Waals surface area contributed by atoms with Crippen molar-refractivity contribution in [1.29, 1.82) is 5.26 Å². The van der Waals surface area contributed by atoms with Crippen LogP contribution in [0, 0.1) is 11.3 Å². The molecule has 0 unspecified atom stereocenters. The molecule has 2 aromatic rings. The SMILES string of the molecule is C=Cc1ccc2c(c1)cc(C#N)c(=O)n2N1CCC(C)(OC)CC1. The molecule has 1 fully saturated rings. The summed E-state index contributed by atoms with van der Waals surface area (Å²) in [5, 5.41) is 12.2. The number of piperidine rings is 1. The molecule has 0 spiro atoms. The molecule has 0 amide bonds. The van der Waals surface area contributed by atoms with E-state index < -0.39 is 0 Å². The Balaban J connectivity index is 2.13. The zero-order valence-corrected chi connectivity index (χ0v) is 14.1. The monoisotopic (exact) mass is 323 g/mol. The highest BCUT2D eigenvalue weighted by molar-refractivity contribution is 5.83. The van der Waals surface area contributed by atoms with Crippen LogP contribution in [0.25, 0.3) is 17.0 Å². The Hall–Kier alpha value is -2.58. The van der Waals surface area contributed by atoms with Gasteiger partial charge in [-0.15, -0.1) is 0 Å². The number of nitriles is 1. The van der Waals surface area contributed by atoms with Crippen LogP contribution in [0.15, 0.2) is 35.6 Å². The summed E-state index contributed by atoms with van der Waals surface area (Å²) < 4.78 is 7.23. The van der Waals surface area contributed by atoms with Gasteiger partial charge in [0.1, 0.15) is 11.6 Å². The molecule has 1 saturated heterocycles. The van der Waals surface area contributed by atoms with Crippen molar-refractivity contribution in [2.75, 3.05) is 25.2 Å². The summed E-state index contributed by atoms with van der Waals surface area (Å²) in [5.41, 5.74) is 1.51. The van der Waals surface area contributed by atoms with Gasteiger partial charge in [-0.05, 0) is 43.5 Å². The third kappa shape index (κ3) is 2.70. The number of benzene rings is 1. The summed E-state index contributed by atoms with van der Waals surface area (Å²) >= 11 is 0. The van der Waals surface area contributed by atoms with Crippen LogP contribution in [0.4, 0.5) is 0 Å². The Morgan fingerprint density at radius 3 is 2.62 bits per heavy atom. The van der Waals surface area contributed by atoms with Crippen molar-refractivity contribution in [3.05, 3.63) is 52.3 Å². The average molecular weight is 323 g/mol. The van der Waals surface area contributed by atoms with Gasteiger partial charge in [0, 0.05) is 25.6 Å². The topological polar surface area (TPSA) is 58.3 Å². The van der Waals surface area contributed by atoms with Crippen LogP contribution < -0.4 is 10.6 Å². The van der Waals surface area contributed by atoms with Gasteiger partial charge in [-0.2, -0.15) is 5.26 Å². The van der Waals surface area contributed by atoms with E-state index in [4.69, 9.17) is 4.74 Å². The molecule has 5 heteroatoms. The minimum Gasteiger partial charge on any atom is -0.378 e. The van der Waals surface area contributed by atoms with Gasteiger partial charge in [0.15, 0.2) is 0 Å². The van der Waals surface area contributed by atoms with Crippen LogP contribution in [0.3, 0.4) is 0 Å². The van der Waals surface area contributed by atoms with Crippen molar-refractivity contribution in [2.45, 2.75) is 25.4 Å².